The molecule has 3 rings (SSSR count). The van der Waals surface area contributed by atoms with Gasteiger partial charge >= 0.3 is 6.03 Å². The number of hydrogen-bond donors (Lipinski definition) is 2. The molecule has 1 aromatic heterocycles. The van der Waals surface area contributed by atoms with Gasteiger partial charge in [-0.25, -0.2) is 4.79 Å². The summed E-state index contributed by atoms with van der Waals surface area (Å²) >= 11 is 1.70. The first-order chi connectivity index (χ1) is 11.1. The van der Waals surface area contributed by atoms with Crippen molar-refractivity contribution in [3.05, 3.63) is 57.8 Å². The Balaban J connectivity index is 1.71. The highest BCUT2D eigenvalue weighted by atomic mass is 32.1. The fraction of sp³-hybridized carbons (Fsp3) is 0.294. The largest absolute Gasteiger partial charge is 0.352 e. The molecule has 23 heavy (non-hydrogen) atoms. The molecule has 3 amide bonds. The molecule has 6 heteroatoms. The van der Waals surface area contributed by atoms with E-state index >= 15 is 0 Å². The Labute approximate surface area is 139 Å². The number of carbonyl (C=O) groups excluding carboxylic acids is 2. The summed E-state index contributed by atoms with van der Waals surface area (Å²) in [7, 11) is 0. The summed E-state index contributed by atoms with van der Waals surface area (Å²) < 4.78 is 0. The standard InChI is InChI=1S/C17H19N3O2S/c18-17(22)19-11-12-5-7-13(8-6-12)16(21)20-9-1-3-14(20)15-4-2-10-23-15/h2,4-8,10,14H,1,3,9,11H2,(H3,18,19,22). The quantitative estimate of drug-likeness (QED) is 0.905. The van der Waals surface area contributed by atoms with Gasteiger partial charge in [-0.2, -0.15) is 0 Å². The molecule has 1 aliphatic rings. The van der Waals surface area contributed by atoms with Crippen LogP contribution in [0.4, 0.5) is 4.79 Å². The average molecular weight is 329 g/mol. The van der Waals surface area contributed by atoms with Gasteiger partial charge in [0.1, 0.15) is 0 Å². The first-order valence-corrected chi connectivity index (χ1v) is 8.50. The van der Waals surface area contributed by atoms with Crippen LogP contribution in [0.2, 0.25) is 0 Å². The van der Waals surface area contributed by atoms with Crippen LogP contribution in [0.3, 0.4) is 0 Å². The Bertz CT molecular complexity index is 682. The van der Waals surface area contributed by atoms with Crippen LogP contribution < -0.4 is 11.1 Å². The van der Waals surface area contributed by atoms with E-state index in [0.717, 1.165) is 24.9 Å². The molecule has 1 saturated heterocycles. The highest BCUT2D eigenvalue weighted by molar-refractivity contribution is 7.10. The van der Waals surface area contributed by atoms with Crippen molar-refractivity contribution in [2.75, 3.05) is 6.54 Å². The maximum atomic E-state index is 12.8. The summed E-state index contributed by atoms with van der Waals surface area (Å²) in [6.45, 7) is 1.16. The number of primary amides is 1. The Morgan fingerprint density at radius 2 is 2.04 bits per heavy atom. The van der Waals surface area contributed by atoms with Crippen LogP contribution in [0.5, 0.6) is 0 Å². The van der Waals surface area contributed by atoms with Crippen molar-refractivity contribution in [2.45, 2.75) is 25.4 Å². The summed E-state index contributed by atoms with van der Waals surface area (Å²) in [5.74, 6) is 0.0651. The summed E-state index contributed by atoms with van der Waals surface area (Å²) in [4.78, 5) is 26.7. The van der Waals surface area contributed by atoms with Crippen LogP contribution >= 0.6 is 11.3 Å². The number of urea groups is 1. The predicted octanol–water partition coefficient (Wildman–Crippen LogP) is 2.89. The number of nitrogens with zero attached hydrogens (tertiary/aromatic N) is 1. The minimum Gasteiger partial charge on any atom is -0.352 e. The van der Waals surface area contributed by atoms with E-state index in [9.17, 15) is 9.59 Å². The Morgan fingerprint density at radius 3 is 2.70 bits per heavy atom. The third kappa shape index (κ3) is 3.53. The van der Waals surface area contributed by atoms with Gasteiger partial charge in [-0.3, -0.25) is 4.79 Å². The van der Waals surface area contributed by atoms with Crippen molar-refractivity contribution in [3.63, 3.8) is 0 Å². The highest BCUT2D eigenvalue weighted by Crippen LogP contribution is 2.35. The summed E-state index contributed by atoms with van der Waals surface area (Å²) in [5.41, 5.74) is 6.64. The molecule has 1 aliphatic heterocycles. The van der Waals surface area contributed by atoms with E-state index in [4.69, 9.17) is 5.73 Å². The maximum Gasteiger partial charge on any atom is 0.312 e. The molecular formula is C17H19N3O2S. The topological polar surface area (TPSA) is 75.4 Å². The lowest BCUT2D eigenvalue weighted by Crippen LogP contribution is -2.30. The highest BCUT2D eigenvalue weighted by Gasteiger charge is 2.31. The number of thiophene rings is 1. The zero-order valence-corrected chi connectivity index (χ0v) is 13.5. The number of amides is 3. The first kappa shape index (κ1) is 15.6. The van der Waals surface area contributed by atoms with Crippen LogP contribution in [0, 0.1) is 0 Å². The van der Waals surface area contributed by atoms with E-state index < -0.39 is 6.03 Å². The zero-order valence-electron chi connectivity index (χ0n) is 12.7. The third-order valence-corrected chi connectivity index (χ3v) is 5.03. The van der Waals surface area contributed by atoms with Crippen molar-refractivity contribution in [1.29, 1.82) is 0 Å². The fourth-order valence-electron chi connectivity index (χ4n) is 2.91. The second kappa shape index (κ2) is 6.83. The molecule has 5 nitrogen and oxygen atoms in total. The van der Waals surface area contributed by atoms with Crippen LogP contribution in [-0.4, -0.2) is 23.4 Å². The van der Waals surface area contributed by atoms with Gasteiger partial charge in [-0.05, 0) is 42.0 Å². The maximum absolute atomic E-state index is 12.8. The van der Waals surface area contributed by atoms with Crippen LogP contribution in [0.1, 0.15) is 39.7 Å². The number of rotatable bonds is 4. The van der Waals surface area contributed by atoms with Crippen LogP contribution in [0.15, 0.2) is 41.8 Å². The monoisotopic (exact) mass is 329 g/mol. The molecule has 1 aromatic carbocycles. The summed E-state index contributed by atoms with van der Waals surface area (Å²) in [6.07, 6.45) is 2.06. The minimum atomic E-state index is -0.555. The number of likely N-dealkylation sites (tertiary alicyclic amines) is 1. The van der Waals surface area contributed by atoms with E-state index in [-0.39, 0.29) is 11.9 Å². The number of hydrogen-bond acceptors (Lipinski definition) is 3. The minimum absolute atomic E-state index is 0.0651. The molecule has 0 aliphatic carbocycles. The lowest BCUT2D eigenvalue weighted by atomic mass is 10.1. The number of benzene rings is 1. The van der Waals surface area contributed by atoms with Crippen LogP contribution in [0.25, 0.3) is 0 Å². The molecule has 2 heterocycles. The number of nitrogens with one attached hydrogen (secondary N) is 1. The second-order valence-corrected chi connectivity index (χ2v) is 6.57. The summed E-state index contributed by atoms with van der Waals surface area (Å²) in [5, 5.41) is 4.59. The van der Waals surface area contributed by atoms with E-state index in [1.54, 1.807) is 11.3 Å². The lowest BCUT2D eigenvalue weighted by Gasteiger charge is -2.24. The van der Waals surface area contributed by atoms with Gasteiger partial charge in [0.2, 0.25) is 0 Å². The molecule has 1 fully saturated rings. The van der Waals surface area contributed by atoms with Gasteiger partial charge in [-0.1, -0.05) is 18.2 Å². The van der Waals surface area contributed by atoms with E-state index in [0.29, 0.717) is 12.1 Å². The van der Waals surface area contributed by atoms with Crippen molar-refractivity contribution >= 4 is 23.3 Å². The molecule has 0 bridgehead atoms. The Morgan fingerprint density at radius 1 is 1.26 bits per heavy atom. The molecule has 1 unspecified atom stereocenters. The molecule has 1 atom stereocenters. The number of carbonyl (C=O) groups is 2. The van der Waals surface area contributed by atoms with Gasteiger partial charge in [0, 0.05) is 23.5 Å². The normalized spacial score (nSPS) is 17.2. The molecule has 2 aromatic rings. The summed E-state index contributed by atoms with van der Waals surface area (Å²) in [6, 6.07) is 11.1. The average Bonchev–Trinajstić information content (AvgIpc) is 3.23. The Hall–Kier alpha value is -2.34. The Kier molecular flexibility index (Phi) is 4.62. The lowest BCUT2D eigenvalue weighted by molar-refractivity contribution is 0.0738. The molecule has 0 spiro atoms. The fourth-order valence-corrected chi connectivity index (χ4v) is 3.78. The molecule has 3 N–H and O–H groups in total. The zero-order chi connectivity index (χ0) is 16.2. The van der Waals surface area contributed by atoms with Gasteiger partial charge < -0.3 is 16.0 Å². The van der Waals surface area contributed by atoms with Gasteiger partial charge in [0.05, 0.1) is 6.04 Å². The number of nitrogens with two attached hydrogens (primary N) is 1. The van der Waals surface area contributed by atoms with Crippen molar-refractivity contribution in [2.24, 2.45) is 5.73 Å². The van der Waals surface area contributed by atoms with Gasteiger partial charge in [0.25, 0.3) is 5.91 Å². The smallest absolute Gasteiger partial charge is 0.312 e. The van der Waals surface area contributed by atoms with Gasteiger partial charge in [0.15, 0.2) is 0 Å². The molecule has 0 radical (unpaired) electrons. The second-order valence-electron chi connectivity index (χ2n) is 5.59. The third-order valence-electron chi connectivity index (χ3n) is 4.05. The van der Waals surface area contributed by atoms with Gasteiger partial charge in [-0.15, -0.1) is 11.3 Å². The van der Waals surface area contributed by atoms with Crippen molar-refractivity contribution < 1.29 is 9.59 Å². The van der Waals surface area contributed by atoms with E-state index in [1.807, 2.05) is 35.2 Å². The predicted molar refractivity (Wildman–Crippen MR) is 90.2 cm³/mol. The molecule has 120 valence electrons. The van der Waals surface area contributed by atoms with Crippen LogP contribution in [-0.2, 0) is 6.54 Å². The SMILES string of the molecule is NC(=O)NCc1ccc(C(=O)N2CCCC2c2cccs2)cc1. The van der Waals surface area contributed by atoms with E-state index in [1.165, 1.54) is 4.88 Å². The first-order valence-electron chi connectivity index (χ1n) is 7.62. The molecular weight excluding hydrogens is 310 g/mol. The van der Waals surface area contributed by atoms with Crippen molar-refractivity contribution in [3.8, 4) is 0 Å². The van der Waals surface area contributed by atoms with E-state index in [2.05, 4.69) is 16.8 Å². The molecule has 0 saturated carbocycles. The van der Waals surface area contributed by atoms with Crippen molar-refractivity contribution in [1.82, 2.24) is 10.2 Å².